The van der Waals surface area contributed by atoms with E-state index in [1.54, 1.807) is 6.07 Å². The first-order chi connectivity index (χ1) is 8.66. The first-order valence-electron chi connectivity index (χ1n) is 6.11. The maximum absolute atomic E-state index is 13.5. The fourth-order valence-corrected chi connectivity index (χ4v) is 2.46. The molecule has 1 aliphatic rings. The lowest BCUT2D eigenvalue weighted by Gasteiger charge is -2.22. The maximum Gasteiger partial charge on any atom is 0.254 e. The van der Waals surface area contributed by atoms with Gasteiger partial charge in [-0.15, -0.1) is 12.4 Å². The third kappa shape index (κ3) is 4.75. The van der Waals surface area contributed by atoms with E-state index in [-0.39, 0.29) is 23.9 Å². The first-order valence-corrected chi connectivity index (χ1v) is 6.90. The fraction of sp³-hybridized carbons (Fsp3) is 0.462. The molecule has 1 aromatic rings. The van der Waals surface area contributed by atoms with Gasteiger partial charge in [0.1, 0.15) is 5.82 Å². The number of amides is 1. The van der Waals surface area contributed by atoms with Crippen LogP contribution in [0.25, 0.3) is 0 Å². The lowest BCUT2D eigenvalue weighted by Crippen LogP contribution is -2.38. The zero-order valence-corrected chi connectivity index (χ0v) is 12.8. The van der Waals surface area contributed by atoms with E-state index < -0.39 is 5.82 Å². The van der Waals surface area contributed by atoms with Crippen molar-refractivity contribution in [3.8, 4) is 0 Å². The molecule has 1 saturated heterocycles. The molecule has 0 bridgehead atoms. The van der Waals surface area contributed by atoms with Crippen molar-refractivity contribution < 1.29 is 9.18 Å². The lowest BCUT2D eigenvalue weighted by molar-refractivity contribution is 0.0940. The normalized spacial score (nSPS) is 18.5. The zero-order valence-electron chi connectivity index (χ0n) is 10.4. The van der Waals surface area contributed by atoms with Gasteiger partial charge in [-0.2, -0.15) is 0 Å². The second kappa shape index (κ2) is 7.82. The average Bonchev–Trinajstić information content (AvgIpc) is 2.40. The highest BCUT2D eigenvalue weighted by molar-refractivity contribution is 9.10. The molecule has 1 amide bonds. The Hall–Kier alpha value is -0.650. The maximum atomic E-state index is 13.5. The minimum atomic E-state index is -0.488. The number of halogens is 3. The molecule has 1 unspecified atom stereocenters. The van der Waals surface area contributed by atoms with Crippen LogP contribution in [0.3, 0.4) is 0 Å². The van der Waals surface area contributed by atoms with Gasteiger partial charge in [-0.3, -0.25) is 4.79 Å². The molecule has 1 aliphatic heterocycles. The van der Waals surface area contributed by atoms with Crippen molar-refractivity contribution in [1.29, 1.82) is 0 Å². The number of benzene rings is 1. The van der Waals surface area contributed by atoms with E-state index in [9.17, 15) is 9.18 Å². The summed E-state index contributed by atoms with van der Waals surface area (Å²) in [6.45, 7) is 2.56. The van der Waals surface area contributed by atoms with Crippen LogP contribution in [0, 0.1) is 11.7 Å². The number of nitrogens with one attached hydrogen (secondary N) is 2. The molecule has 106 valence electrons. The Kier molecular flexibility index (Phi) is 6.75. The Morgan fingerprint density at radius 1 is 1.53 bits per heavy atom. The van der Waals surface area contributed by atoms with Gasteiger partial charge in [0, 0.05) is 11.0 Å². The summed E-state index contributed by atoms with van der Waals surface area (Å²) < 4.78 is 14.2. The Morgan fingerprint density at radius 2 is 2.32 bits per heavy atom. The SMILES string of the molecule is Cl.O=C(NCC1CCCNC1)c1cc(Br)ccc1F. The minimum Gasteiger partial charge on any atom is -0.352 e. The lowest BCUT2D eigenvalue weighted by atomic mass is 9.99. The molecule has 6 heteroatoms. The Bertz CT molecular complexity index is 439. The van der Waals surface area contributed by atoms with Crippen LogP contribution >= 0.6 is 28.3 Å². The molecule has 2 rings (SSSR count). The Morgan fingerprint density at radius 3 is 3.00 bits per heavy atom. The molecule has 0 aromatic heterocycles. The minimum absolute atomic E-state index is 0. The van der Waals surface area contributed by atoms with Crippen molar-refractivity contribution in [3.63, 3.8) is 0 Å². The van der Waals surface area contributed by atoms with Crippen LogP contribution in [-0.4, -0.2) is 25.5 Å². The van der Waals surface area contributed by atoms with E-state index in [1.165, 1.54) is 12.1 Å². The number of carbonyl (C=O) groups is 1. The van der Waals surface area contributed by atoms with Crippen LogP contribution in [0.4, 0.5) is 4.39 Å². The Labute approximate surface area is 126 Å². The highest BCUT2D eigenvalue weighted by Gasteiger charge is 2.16. The number of hydrogen-bond acceptors (Lipinski definition) is 2. The summed E-state index contributed by atoms with van der Waals surface area (Å²) in [7, 11) is 0. The first kappa shape index (κ1) is 16.4. The largest absolute Gasteiger partial charge is 0.352 e. The Balaban J connectivity index is 0.00000180. The van der Waals surface area contributed by atoms with Crippen LogP contribution in [0.5, 0.6) is 0 Å². The number of piperidine rings is 1. The summed E-state index contributed by atoms with van der Waals surface area (Å²) in [5.74, 6) is -0.394. The smallest absolute Gasteiger partial charge is 0.254 e. The molecule has 2 N–H and O–H groups in total. The molecule has 0 spiro atoms. The van der Waals surface area contributed by atoms with Crippen molar-refractivity contribution in [2.24, 2.45) is 5.92 Å². The van der Waals surface area contributed by atoms with Crippen LogP contribution in [0.15, 0.2) is 22.7 Å². The van der Waals surface area contributed by atoms with Gasteiger partial charge in [0.15, 0.2) is 0 Å². The second-order valence-corrected chi connectivity index (χ2v) is 5.46. The fourth-order valence-electron chi connectivity index (χ4n) is 2.10. The van der Waals surface area contributed by atoms with Crippen LogP contribution in [-0.2, 0) is 0 Å². The summed E-state index contributed by atoms with van der Waals surface area (Å²) >= 11 is 3.24. The summed E-state index contributed by atoms with van der Waals surface area (Å²) in [4.78, 5) is 11.9. The third-order valence-electron chi connectivity index (χ3n) is 3.12. The summed E-state index contributed by atoms with van der Waals surface area (Å²) in [6, 6.07) is 4.38. The number of carbonyl (C=O) groups excluding carboxylic acids is 1. The predicted molar refractivity (Wildman–Crippen MR) is 79.3 cm³/mol. The van der Waals surface area contributed by atoms with Gasteiger partial charge in [-0.25, -0.2) is 4.39 Å². The second-order valence-electron chi connectivity index (χ2n) is 4.55. The van der Waals surface area contributed by atoms with E-state index >= 15 is 0 Å². The van der Waals surface area contributed by atoms with Gasteiger partial charge in [-0.1, -0.05) is 15.9 Å². The van der Waals surface area contributed by atoms with E-state index in [0.29, 0.717) is 16.9 Å². The van der Waals surface area contributed by atoms with Gasteiger partial charge >= 0.3 is 0 Å². The molecule has 0 radical (unpaired) electrons. The predicted octanol–water partition coefficient (Wildman–Crippen LogP) is 2.74. The van der Waals surface area contributed by atoms with Crippen molar-refractivity contribution in [3.05, 3.63) is 34.1 Å². The molecule has 1 aromatic carbocycles. The average molecular weight is 352 g/mol. The molecule has 3 nitrogen and oxygen atoms in total. The van der Waals surface area contributed by atoms with Gasteiger partial charge in [-0.05, 0) is 50.0 Å². The van der Waals surface area contributed by atoms with E-state index in [4.69, 9.17) is 0 Å². The van der Waals surface area contributed by atoms with E-state index in [2.05, 4.69) is 26.6 Å². The van der Waals surface area contributed by atoms with Crippen LogP contribution < -0.4 is 10.6 Å². The summed E-state index contributed by atoms with van der Waals surface area (Å²) in [5, 5.41) is 6.08. The van der Waals surface area contributed by atoms with E-state index in [0.717, 1.165) is 25.9 Å². The summed E-state index contributed by atoms with van der Waals surface area (Å²) in [6.07, 6.45) is 2.24. The van der Waals surface area contributed by atoms with Gasteiger partial charge in [0.25, 0.3) is 5.91 Å². The molecular weight excluding hydrogens is 335 g/mol. The summed E-state index contributed by atoms with van der Waals surface area (Å²) in [5.41, 5.74) is 0.0909. The zero-order chi connectivity index (χ0) is 13.0. The molecule has 0 saturated carbocycles. The molecule has 1 atom stereocenters. The quantitative estimate of drug-likeness (QED) is 0.879. The molecule has 0 aliphatic carbocycles. The highest BCUT2D eigenvalue weighted by atomic mass is 79.9. The van der Waals surface area contributed by atoms with Crippen LogP contribution in [0.2, 0.25) is 0 Å². The molecular formula is C13H17BrClFN2O. The molecule has 19 heavy (non-hydrogen) atoms. The van der Waals surface area contributed by atoms with Gasteiger partial charge in [0.2, 0.25) is 0 Å². The van der Waals surface area contributed by atoms with Crippen molar-refractivity contribution >= 4 is 34.2 Å². The molecule has 1 fully saturated rings. The van der Waals surface area contributed by atoms with Crippen molar-refractivity contribution in [1.82, 2.24) is 10.6 Å². The van der Waals surface area contributed by atoms with Gasteiger partial charge < -0.3 is 10.6 Å². The van der Waals surface area contributed by atoms with Crippen molar-refractivity contribution in [2.45, 2.75) is 12.8 Å². The topological polar surface area (TPSA) is 41.1 Å². The van der Waals surface area contributed by atoms with E-state index in [1.807, 2.05) is 0 Å². The monoisotopic (exact) mass is 350 g/mol. The highest BCUT2D eigenvalue weighted by Crippen LogP contribution is 2.16. The van der Waals surface area contributed by atoms with Gasteiger partial charge in [0.05, 0.1) is 5.56 Å². The van der Waals surface area contributed by atoms with Crippen molar-refractivity contribution in [2.75, 3.05) is 19.6 Å². The third-order valence-corrected chi connectivity index (χ3v) is 3.62. The number of rotatable bonds is 3. The van der Waals surface area contributed by atoms with Crippen LogP contribution in [0.1, 0.15) is 23.2 Å². The standard InChI is InChI=1S/C13H16BrFN2O.ClH/c14-10-3-4-12(15)11(6-10)13(18)17-8-9-2-1-5-16-7-9;/h3-4,6,9,16H,1-2,5,7-8H2,(H,17,18);1H. The molecule has 1 heterocycles. The number of hydrogen-bond donors (Lipinski definition) is 2.